The maximum absolute atomic E-state index is 12.3. The highest BCUT2D eigenvalue weighted by molar-refractivity contribution is 9.11. The van der Waals surface area contributed by atoms with Gasteiger partial charge in [-0.15, -0.1) is 17.5 Å². The Balaban J connectivity index is 0.000000129. The van der Waals surface area contributed by atoms with Crippen LogP contribution in [0.2, 0.25) is 15.1 Å². The molecule has 0 fully saturated rings. The summed E-state index contributed by atoms with van der Waals surface area (Å²) in [7, 11) is -4.65. The van der Waals surface area contributed by atoms with E-state index in [1.54, 1.807) is 103 Å². The van der Waals surface area contributed by atoms with E-state index in [4.69, 9.17) is 78.0 Å². The molecule has 20 aromatic rings. The first-order valence-corrected chi connectivity index (χ1v) is 53.4. The van der Waals surface area contributed by atoms with E-state index in [-0.39, 0.29) is 105 Å². The van der Waals surface area contributed by atoms with Crippen LogP contribution < -0.4 is 15.9 Å². The van der Waals surface area contributed by atoms with Crippen LogP contribution in [0.4, 0.5) is 11.4 Å². The minimum absolute atomic E-state index is 0.00932. The first-order chi connectivity index (χ1) is 64.4. The third-order valence-corrected chi connectivity index (χ3v) is 31.6. The van der Waals surface area contributed by atoms with Crippen molar-refractivity contribution in [1.82, 2.24) is 0 Å². The second-order valence-electron chi connectivity index (χ2n) is 30.6. The smallest absolute Gasteiger partial charge is 0.489 e. The molecule has 0 aliphatic heterocycles. The zero-order valence-corrected chi connectivity index (χ0v) is 82.2. The lowest BCUT2D eigenvalue weighted by molar-refractivity contribution is -0.367. The number of quaternary nitrogens is 1. The quantitative estimate of drug-likeness (QED) is 0.00713. The van der Waals surface area contributed by atoms with Crippen LogP contribution in [-0.4, -0.2) is 114 Å². The Morgan fingerprint density at radius 2 is 0.801 bits per heavy atom. The van der Waals surface area contributed by atoms with Crippen LogP contribution in [0.25, 0.3) is 129 Å². The number of benzene rings is 20. The molecule has 0 aromatic heterocycles. The van der Waals surface area contributed by atoms with Crippen molar-refractivity contribution in [3.63, 3.8) is 0 Å². The summed E-state index contributed by atoms with van der Waals surface area (Å²) in [5.74, 6) is 2.45. The van der Waals surface area contributed by atoms with Gasteiger partial charge in [0.25, 0.3) is 27.2 Å². The second-order valence-corrected chi connectivity index (χ2v) is 45.3. The number of phenolic OH excluding ortho intramolecular Hbond substituents is 6. The molecule has 0 spiro atoms. The van der Waals surface area contributed by atoms with Crippen molar-refractivity contribution in [2.24, 2.45) is 10.2 Å². The predicted octanol–water partition coefficient (Wildman–Crippen LogP) is 23.7. The largest absolute Gasteiger partial charge is 0.508 e. The molecule has 37 heteroatoms. The van der Waals surface area contributed by atoms with Crippen molar-refractivity contribution in [1.29, 1.82) is 0 Å². The van der Waals surface area contributed by atoms with Crippen LogP contribution in [0.3, 0.4) is 0 Å². The summed E-state index contributed by atoms with van der Waals surface area (Å²) < 4.78 is 129. The lowest BCUT2D eigenvalue weighted by Crippen LogP contribution is -2.50. The molecule has 0 amide bonds. The van der Waals surface area contributed by atoms with Gasteiger partial charge in [0.05, 0.1) is 63.3 Å². The molecule has 0 saturated heterocycles. The molecule has 20 rings (SSSR count). The van der Waals surface area contributed by atoms with E-state index in [1.807, 2.05) is 91.0 Å². The van der Waals surface area contributed by atoms with Crippen LogP contribution in [0, 0.1) is 12.3 Å². The van der Waals surface area contributed by atoms with Crippen LogP contribution in [0.1, 0.15) is 19.8 Å². The number of hydrogen-bond acceptors (Lipinski definition) is 22. The van der Waals surface area contributed by atoms with Gasteiger partial charge in [-0.05, 0) is 202 Å². The van der Waals surface area contributed by atoms with Gasteiger partial charge in [0.15, 0.2) is 25.4 Å². The highest BCUT2D eigenvalue weighted by Gasteiger charge is 2.30. The molecule has 0 bridgehead atoms. The highest BCUT2D eigenvalue weighted by atomic mass is 79.9. The molecule has 0 saturated carbocycles. The van der Waals surface area contributed by atoms with Gasteiger partial charge in [-0.25, -0.2) is 42.1 Å². The topological polar surface area (TPSA) is 411 Å². The normalized spacial score (nSPS) is 11.8. The molecule has 0 atom stereocenters. The number of phenols is 6. The van der Waals surface area contributed by atoms with Crippen molar-refractivity contribution in [2.45, 2.75) is 44.2 Å². The SMILES string of the molecule is C#CCCS(=O)(=O)c1ccc2cc(O)ccc2c1.CC(=O)Oc1cc(S(=O)(=O)Cl)c2ccc3c(S(=O)(=O)Cl)cc(S(=O)(=O)Cl)c4ccc1c2c43.OB(O)c1ccc2ccc3c(O)ccc4ccc1c2c43.Oc1c(Cl)cc(Cl)c(Cl)c1N=Nc1ccccc1.Oc1ccc2cc(Br)ccc2c1.Oc1ccc2ccc3c(Br)ccc4ccc1c2c43.[NH3+]CCCS(=O)(=O)c1ccc2cc(O)ccc2c1. The number of esters is 1. The summed E-state index contributed by atoms with van der Waals surface area (Å²) in [5, 5.41) is 103. The minimum atomic E-state index is -4.46. The summed E-state index contributed by atoms with van der Waals surface area (Å²) in [6.07, 6.45) is 5.85. The number of halogens is 8. The Bertz CT molecular complexity index is 8650. The second kappa shape index (κ2) is 41.2. The van der Waals surface area contributed by atoms with Crippen LogP contribution in [0.15, 0.2) is 323 Å². The zero-order chi connectivity index (χ0) is 97.9. The van der Waals surface area contributed by atoms with Gasteiger partial charge in [-0.3, -0.25) is 4.79 Å². The maximum atomic E-state index is 12.3. The van der Waals surface area contributed by atoms with Crippen LogP contribution >= 0.6 is 98.7 Å². The van der Waals surface area contributed by atoms with Crippen LogP contribution in [0.5, 0.6) is 40.2 Å². The van der Waals surface area contributed by atoms with Gasteiger partial charge in [-0.2, -0.15) is 5.11 Å². The lowest BCUT2D eigenvalue weighted by Gasteiger charge is -2.18. The Labute approximate surface area is 823 Å². The fourth-order valence-electron chi connectivity index (χ4n) is 15.5. The van der Waals surface area contributed by atoms with E-state index in [2.05, 4.69) is 84.1 Å². The number of nitrogens with zero attached hydrogens (tertiary/aromatic N) is 2. The van der Waals surface area contributed by atoms with E-state index in [0.717, 1.165) is 103 Å². The number of sulfone groups is 2. The minimum Gasteiger partial charge on any atom is -0.508 e. The van der Waals surface area contributed by atoms with Crippen molar-refractivity contribution in [3.05, 3.63) is 303 Å². The van der Waals surface area contributed by atoms with Crippen molar-refractivity contribution in [3.8, 4) is 52.6 Å². The molecular formula is C99H71BBr2Cl6N3O20S5+. The number of carbonyl (C=O) groups excluding carboxylic acids is 1. The predicted molar refractivity (Wildman–Crippen MR) is 550 cm³/mol. The highest BCUT2D eigenvalue weighted by Crippen LogP contribution is 2.49. The average Bonchev–Trinajstić information content (AvgIpc) is 0.647. The third kappa shape index (κ3) is 22.0. The standard InChI is InChI=1S/C18H9Cl3O8S3.C16H11BO3.C16H9BrO.C14H12O3S.C13H15NO3S.C12H7Cl3N2O.C10H7BrO/c1-8(22)29-13-6-14(30(19,23)24)10-4-5-12-16(32(21,27)28)7-15(31(20,25)26)11-3-2-9(13)17(10)18(11)12;18-14-8-4-10-1-5-11-13(17(19)20)7-3-9-2-6-12(14)16(10)15(9)11;17-13-7-3-9-2-6-12-14(18)8-4-10-1-5-11(13)15(9)16(10)12;1-2-3-8-18(16,17)14-7-5-11-9-13(15)6-4-12(11)10-14;14-6-1-7-18(16,17)13-5-3-10-8-12(15)4-2-11(10)9-13;13-8-6-9(14)12(18)11(10(8)15)17-16-7-4-2-1-3-5-7;11-9-3-1-8-6-10(12)4-2-7(8)5-9/h2-7H,1H3;1-8,18-20H;1-8,18H;1,4-7,9-10,15H,3,8H2;2-5,8-9,15H,1,6-7,14H2;1-6,18H;1-6,12H/p+1. The molecule has 0 aliphatic carbocycles. The number of ether oxygens (including phenoxy) is 1. The van der Waals surface area contributed by atoms with Gasteiger partial charge in [0, 0.05) is 121 Å². The van der Waals surface area contributed by atoms with E-state index in [9.17, 15) is 87.6 Å². The van der Waals surface area contributed by atoms with Crippen molar-refractivity contribution in [2.75, 3.05) is 18.1 Å². The number of carbonyl (C=O) groups is 1. The van der Waals surface area contributed by atoms with E-state index in [0.29, 0.717) is 40.5 Å². The molecule has 136 heavy (non-hydrogen) atoms. The van der Waals surface area contributed by atoms with Crippen molar-refractivity contribution >= 4 is 305 Å². The number of hydrogen-bond donors (Lipinski definition) is 9. The Hall–Kier alpha value is -11.9. The fraction of sp³-hybridized carbons (Fsp3) is 0.0606. The van der Waals surface area contributed by atoms with E-state index >= 15 is 0 Å². The fourth-order valence-corrected chi connectivity index (χ4v) is 22.9. The van der Waals surface area contributed by atoms with Crippen molar-refractivity contribution < 1.29 is 98.0 Å². The number of azo groups is 1. The summed E-state index contributed by atoms with van der Waals surface area (Å²) in [6, 6.07) is 79.4. The molecule has 11 N–H and O–H groups in total. The van der Waals surface area contributed by atoms with Gasteiger partial charge >= 0.3 is 13.1 Å². The molecule has 23 nitrogen and oxygen atoms in total. The number of rotatable bonds is 14. The summed E-state index contributed by atoms with van der Waals surface area (Å²) in [4.78, 5) is 10.7. The van der Waals surface area contributed by atoms with Gasteiger partial charge in [-0.1, -0.05) is 218 Å². The summed E-state index contributed by atoms with van der Waals surface area (Å²) in [6.45, 7) is 1.71. The zero-order valence-electron chi connectivity index (χ0n) is 70.4. The summed E-state index contributed by atoms with van der Waals surface area (Å²) >= 11 is 24.5. The first kappa shape index (κ1) is 100. The monoisotopic (exact) mass is 2160 g/mol. The lowest BCUT2D eigenvalue weighted by atomic mass is 9.75. The van der Waals surface area contributed by atoms with E-state index < -0.39 is 74.6 Å². The Morgan fingerprint density at radius 3 is 1.28 bits per heavy atom. The Morgan fingerprint density at radius 1 is 0.412 bits per heavy atom. The van der Waals surface area contributed by atoms with Gasteiger partial charge < -0.3 is 51.2 Å². The third-order valence-electron chi connectivity index (χ3n) is 21.7. The molecule has 0 heterocycles. The number of fused-ring (bicyclic) bond motifs is 3. The van der Waals surface area contributed by atoms with E-state index in [1.165, 1.54) is 64.0 Å². The molecule has 0 aliphatic rings. The Kier molecular flexibility index (Phi) is 30.3. The average molecular weight is 2170 g/mol. The molecule has 0 radical (unpaired) electrons. The first-order valence-electron chi connectivity index (χ1n) is 40.4. The molecule has 0 unspecified atom stereocenters. The molecular weight excluding hydrogens is 2090 g/mol. The molecule has 690 valence electrons. The number of aromatic hydroxyl groups is 6. The summed E-state index contributed by atoms with van der Waals surface area (Å²) in [5.41, 5.74) is 4.81. The number of terminal acetylenes is 1. The van der Waals surface area contributed by atoms with Gasteiger partial charge in [0.1, 0.15) is 40.2 Å². The van der Waals surface area contributed by atoms with Gasteiger partial charge in [0.2, 0.25) is 0 Å². The molecule has 20 aromatic carbocycles. The maximum Gasteiger partial charge on any atom is 0.489 e. The van der Waals surface area contributed by atoms with Crippen LogP contribution in [-0.2, 0) is 51.6 Å².